The number of phenols is 1. The van der Waals surface area contributed by atoms with E-state index in [1.54, 1.807) is 18.2 Å². The van der Waals surface area contributed by atoms with Gasteiger partial charge >= 0.3 is 5.97 Å². The van der Waals surface area contributed by atoms with E-state index in [0.29, 0.717) is 33.8 Å². The van der Waals surface area contributed by atoms with Crippen LogP contribution in [0.15, 0.2) is 65.6 Å². The molecule has 1 fully saturated rings. The number of aromatic hydroxyl groups is 1. The molecule has 0 saturated carbocycles. The maximum absolute atomic E-state index is 12.6. The number of hydrogen-bond donors (Lipinski definition) is 2. The summed E-state index contributed by atoms with van der Waals surface area (Å²) in [5, 5.41) is 20.0. The number of ether oxygens (including phenoxy) is 3. The Labute approximate surface area is 147 Å². The number of aliphatic hydroxyl groups excluding tert-OH is 1. The van der Waals surface area contributed by atoms with Gasteiger partial charge in [0.25, 0.3) is 0 Å². The average molecular weight is 348 g/mol. The van der Waals surface area contributed by atoms with Gasteiger partial charge in [-0.05, 0) is 18.2 Å². The highest BCUT2D eigenvalue weighted by Gasteiger charge is 2.63. The van der Waals surface area contributed by atoms with E-state index in [2.05, 4.69) is 0 Å². The minimum Gasteiger partial charge on any atom is -0.509 e. The van der Waals surface area contributed by atoms with Crippen LogP contribution in [0.1, 0.15) is 21.5 Å². The summed E-state index contributed by atoms with van der Waals surface area (Å²) < 4.78 is 17.6. The molecule has 6 heteroatoms. The molecular formula is C20H12O6. The van der Waals surface area contributed by atoms with E-state index < -0.39 is 23.8 Å². The van der Waals surface area contributed by atoms with Crippen molar-refractivity contribution in [2.75, 3.05) is 0 Å². The third kappa shape index (κ3) is 1.49. The summed E-state index contributed by atoms with van der Waals surface area (Å²) in [6.07, 6.45) is 0.628. The molecule has 3 atom stereocenters. The highest BCUT2D eigenvalue weighted by molar-refractivity contribution is 5.97. The molecule has 26 heavy (non-hydrogen) atoms. The maximum atomic E-state index is 12.6. The van der Waals surface area contributed by atoms with Gasteiger partial charge in [0.2, 0.25) is 0 Å². The molecule has 1 spiro atoms. The predicted octanol–water partition coefficient (Wildman–Crippen LogP) is 2.68. The normalized spacial score (nSPS) is 29.8. The Morgan fingerprint density at radius 2 is 1.85 bits per heavy atom. The second-order valence-electron chi connectivity index (χ2n) is 6.72. The van der Waals surface area contributed by atoms with Crippen molar-refractivity contribution in [1.29, 1.82) is 0 Å². The second kappa shape index (κ2) is 4.28. The van der Waals surface area contributed by atoms with Crippen molar-refractivity contribution < 1.29 is 29.2 Å². The second-order valence-corrected chi connectivity index (χ2v) is 6.72. The van der Waals surface area contributed by atoms with Crippen LogP contribution in [0.4, 0.5) is 0 Å². The van der Waals surface area contributed by atoms with Crippen molar-refractivity contribution in [2.45, 2.75) is 17.8 Å². The Balaban J connectivity index is 1.73. The number of fused-ring (bicyclic) bond motifs is 7. The van der Waals surface area contributed by atoms with E-state index in [4.69, 9.17) is 14.2 Å². The van der Waals surface area contributed by atoms with Crippen LogP contribution in [0.2, 0.25) is 0 Å². The molecule has 1 aliphatic carbocycles. The van der Waals surface area contributed by atoms with Gasteiger partial charge in [-0.25, -0.2) is 4.79 Å². The number of epoxide rings is 1. The molecule has 3 aliphatic heterocycles. The summed E-state index contributed by atoms with van der Waals surface area (Å²) >= 11 is 0. The van der Waals surface area contributed by atoms with Crippen LogP contribution in [0, 0.1) is 0 Å². The van der Waals surface area contributed by atoms with Crippen molar-refractivity contribution in [1.82, 2.24) is 0 Å². The van der Waals surface area contributed by atoms with E-state index in [1.807, 2.05) is 12.1 Å². The molecule has 1 saturated heterocycles. The number of phenolic OH excluding ortho intramolecular Hbond substituents is 1. The van der Waals surface area contributed by atoms with Gasteiger partial charge < -0.3 is 24.4 Å². The zero-order valence-corrected chi connectivity index (χ0v) is 13.3. The van der Waals surface area contributed by atoms with Crippen LogP contribution >= 0.6 is 0 Å². The largest absolute Gasteiger partial charge is 0.509 e. The van der Waals surface area contributed by atoms with Gasteiger partial charge in [0.15, 0.2) is 5.60 Å². The van der Waals surface area contributed by atoms with Gasteiger partial charge in [-0.1, -0.05) is 18.2 Å². The fraction of sp³-hybridized carbons (Fsp3) is 0.150. The molecule has 6 rings (SSSR count). The maximum Gasteiger partial charge on any atom is 0.340 e. The van der Waals surface area contributed by atoms with Crippen LogP contribution in [0.25, 0.3) is 0 Å². The number of benzene rings is 2. The molecule has 0 radical (unpaired) electrons. The Bertz CT molecular complexity index is 1080. The number of esters is 1. The fourth-order valence-corrected chi connectivity index (χ4v) is 4.22. The first-order valence-electron chi connectivity index (χ1n) is 8.24. The van der Waals surface area contributed by atoms with Crippen LogP contribution in [-0.2, 0) is 15.1 Å². The number of aliphatic hydroxyl groups is 1. The van der Waals surface area contributed by atoms with Gasteiger partial charge in [-0.2, -0.15) is 0 Å². The molecule has 0 bridgehead atoms. The number of rotatable bonds is 0. The summed E-state index contributed by atoms with van der Waals surface area (Å²) in [6.45, 7) is 0. The Morgan fingerprint density at radius 1 is 1.00 bits per heavy atom. The molecule has 2 aromatic carbocycles. The lowest BCUT2D eigenvalue weighted by Crippen LogP contribution is -2.39. The van der Waals surface area contributed by atoms with Crippen molar-refractivity contribution in [2.24, 2.45) is 0 Å². The summed E-state index contributed by atoms with van der Waals surface area (Å²) in [6, 6.07) is 11.9. The highest BCUT2D eigenvalue weighted by Crippen LogP contribution is 2.59. The number of carbonyl (C=O) groups is 1. The number of carbonyl (C=O) groups excluding carboxylic acids is 1. The Morgan fingerprint density at radius 3 is 2.73 bits per heavy atom. The van der Waals surface area contributed by atoms with E-state index in [9.17, 15) is 15.0 Å². The summed E-state index contributed by atoms with van der Waals surface area (Å²) in [7, 11) is 0. The van der Waals surface area contributed by atoms with Crippen LogP contribution in [0.3, 0.4) is 0 Å². The summed E-state index contributed by atoms with van der Waals surface area (Å²) in [5.74, 6) is 0.430. The van der Waals surface area contributed by atoms with Crippen LogP contribution in [-0.4, -0.2) is 28.4 Å². The van der Waals surface area contributed by atoms with Crippen molar-refractivity contribution >= 4 is 5.97 Å². The van der Waals surface area contributed by atoms with Crippen molar-refractivity contribution in [3.63, 3.8) is 0 Å². The minimum absolute atomic E-state index is 0.0325. The molecule has 4 aliphatic rings. The monoisotopic (exact) mass is 348 g/mol. The van der Waals surface area contributed by atoms with Crippen molar-refractivity contribution in [3.05, 3.63) is 82.3 Å². The van der Waals surface area contributed by atoms with Crippen LogP contribution < -0.4 is 4.74 Å². The number of hydrogen-bond acceptors (Lipinski definition) is 6. The molecule has 0 aromatic heterocycles. The molecule has 0 amide bonds. The fourth-order valence-electron chi connectivity index (χ4n) is 4.22. The molecule has 128 valence electrons. The first-order valence-corrected chi connectivity index (χ1v) is 8.24. The molecule has 2 aromatic rings. The molecule has 6 nitrogen and oxygen atoms in total. The lowest BCUT2D eigenvalue weighted by molar-refractivity contribution is 0.0182. The quantitative estimate of drug-likeness (QED) is 0.562. The summed E-state index contributed by atoms with van der Waals surface area (Å²) in [5.41, 5.74) is 1.28. The molecular weight excluding hydrogens is 336 g/mol. The van der Waals surface area contributed by atoms with Gasteiger partial charge in [-0.15, -0.1) is 0 Å². The SMILES string of the molecule is O=C1OC2(C3=C(C=C(O)C4OC34)Oc3cc(O)ccc32)c2ccccc21. The molecule has 3 unspecified atom stereocenters. The minimum atomic E-state index is -1.19. The van der Waals surface area contributed by atoms with Crippen molar-refractivity contribution in [3.8, 4) is 11.5 Å². The number of allylic oxidation sites excluding steroid dienone is 1. The average Bonchev–Trinajstić information content (AvgIpc) is 3.37. The Hall–Kier alpha value is -3.25. The van der Waals surface area contributed by atoms with E-state index in [-0.39, 0.29) is 11.5 Å². The third-order valence-corrected chi connectivity index (χ3v) is 5.33. The highest BCUT2D eigenvalue weighted by atomic mass is 16.6. The molecule has 3 heterocycles. The zero-order valence-electron chi connectivity index (χ0n) is 13.3. The first kappa shape index (κ1) is 14.0. The van der Waals surface area contributed by atoms with Gasteiger partial charge in [0, 0.05) is 23.3 Å². The smallest absolute Gasteiger partial charge is 0.340 e. The van der Waals surface area contributed by atoms with E-state index in [0.717, 1.165) is 0 Å². The lowest BCUT2D eigenvalue weighted by atomic mass is 9.74. The summed E-state index contributed by atoms with van der Waals surface area (Å²) in [4.78, 5) is 12.6. The van der Waals surface area contributed by atoms with E-state index >= 15 is 0 Å². The van der Waals surface area contributed by atoms with Crippen LogP contribution in [0.5, 0.6) is 11.5 Å². The Kier molecular flexibility index (Phi) is 2.30. The zero-order chi connectivity index (χ0) is 17.6. The van der Waals surface area contributed by atoms with Gasteiger partial charge in [0.05, 0.1) is 11.1 Å². The van der Waals surface area contributed by atoms with E-state index in [1.165, 1.54) is 18.2 Å². The van der Waals surface area contributed by atoms with Gasteiger partial charge in [0.1, 0.15) is 35.2 Å². The standard InChI is InChI=1S/C20H12O6/c21-9-5-6-12-14(7-9)24-15-8-13(22)17-18(25-17)16(15)20(12)11-4-2-1-3-10(11)19(23)26-20/h1-8,17-18,21-22H. The lowest BCUT2D eigenvalue weighted by Gasteiger charge is -2.38. The predicted molar refractivity (Wildman–Crippen MR) is 87.8 cm³/mol. The topological polar surface area (TPSA) is 88.5 Å². The van der Waals surface area contributed by atoms with Gasteiger partial charge in [-0.3, -0.25) is 0 Å². The molecule has 2 N–H and O–H groups in total. The first-order chi connectivity index (χ1) is 12.6. The third-order valence-electron chi connectivity index (χ3n) is 5.33.